The fraction of sp³-hybridized carbons (Fsp3) is 0. The summed E-state index contributed by atoms with van der Waals surface area (Å²) in [4.78, 5) is 13.8. The Morgan fingerprint density at radius 3 is 3.00 bits per heavy atom. The maximum absolute atomic E-state index is 10.4. The van der Waals surface area contributed by atoms with E-state index in [1.54, 1.807) is 6.07 Å². The van der Waals surface area contributed by atoms with E-state index in [-0.39, 0.29) is 5.69 Å². The number of aromatic nitrogens is 2. The number of imidazole rings is 1. The number of nitrogens with zero attached hydrogens (tertiary/aromatic N) is 3. The number of benzene rings is 1. The van der Waals surface area contributed by atoms with E-state index in [1.165, 1.54) is 23.1 Å². The SMILES string of the molecule is Nn1cnc2cc([N+](=O)[O-])ccc21. The van der Waals surface area contributed by atoms with Crippen LogP contribution in [0.25, 0.3) is 11.0 Å². The van der Waals surface area contributed by atoms with Gasteiger partial charge in [0.1, 0.15) is 6.33 Å². The number of nitrogens with two attached hydrogens (primary N) is 1. The zero-order chi connectivity index (χ0) is 9.42. The molecule has 6 nitrogen and oxygen atoms in total. The summed E-state index contributed by atoms with van der Waals surface area (Å²) in [6, 6.07) is 4.35. The number of hydrogen-bond acceptors (Lipinski definition) is 4. The van der Waals surface area contributed by atoms with Gasteiger partial charge in [0.2, 0.25) is 0 Å². The van der Waals surface area contributed by atoms with Crippen LogP contribution in [0.4, 0.5) is 5.69 Å². The summed E-state index contributed by atoms with van der Waals surface area (Å²) in [7, 11) is 0. The van der Waals surface area contributed by atoms with Crippen molar-refractivity contribution in [3.05, 3.63) is 34.6 Å². The lowest BCUT2D eigenvalue weighted by Gasteiger charge is -1.93. The average molecular weight is 178 g/mol. The second-order valence-corrected chi connectivity index (χ2v) is 2.58. The standard InChI is InChI=1S/C7H6N4O2/c8-10-4-9-6-3-5(11(12)13)1-2-7(6)10/h1-4H,8H2. The Morgan fingerprint density at radius 1 is 1.54 bits per heavy atom. The monoisotopic (exact) mass is 178 g/mol. The fourth-order valence-electron chi connectivity index (χ4n) is 1.13. The first-order chi connectivity index (χ1) is 6.18. The van der Waals surface area contributed by atoms with Gasteiger partial charge in [-0.15, -0.1) is 0 Å². The van der Waals surface area contributed by atoms with E-state index in [1.807, 2.05) is 0 Å². The number of hydrogen-bond donors (Lipinski definition) is 1. The smallest absolute Gasteiger partial charge is 0.271 e. The second-order valence-electron chi connectivity index (χ2n) is 2.58. The normalized spacial score (nSPS) is 10.5. The van der Waals surface area contributed by atoms with Gasteiger partial charge in [0.15, 0.2) is 0 Å². The molecule has 66 valence electrons. The van der Waals surface area contributed by atoms with Crippen molar-refractivity contribution in [2.24, 2.45) is 0 Å². The molecule has 0 spiro atoms. The van der Waals surface area contributed by atoms with Gasteiger partial charge >= 0.3 is 0 Å². The third kappa shape index (κ3) is 1.08. The third-order valence-electron chi connectivity index (χ3n) is 1.77. The third-order valence-corrected chi connectivity index (χ3v) is 1.77. The predicted molar refractivity (Wildman–Crippen MR) is 46.5 cm³/mol. The van der Waals surface area contributed by atoms with E-state index in [0.717, 1.165) is 0 Å². The molecule has 0 unspecified atom stereocenters. The zero-order valence-electron chi connectivity index (χ0n) is 6.54. The van der Waals surface area contributed by atoms with Crippen molar-refractivity contribution in [2.45, 2.75) is 0 Å². The zero-order valence-corrected chi connectivity index (χ0v) is 6.54. The van der Waals surface area contributed by atoms with Crippen LogP contribution in [0.3, 0.4) is 0 Å². The van der Waals surface area contributed by atoms with Crippen molar-refractivity contribution in [2.75, 3.05) is 5.84 Å². The molecule has 2 N–H and O–H groups in total. The molecule has 0 aliphatic heterocycles. The van der Waals surface area contributed by atoms with Gasteiger partial charge in [0.25, 0.3) is 5.69 Å². The van der Waals surface area contributed by atoms with Gasteiger partial charge in [-0.05, 0) is 6.07 Å². The van der Waals surface area contributed by atoms with E-state index in [9.17, 15) is 10.1 Å². The van der Waals surface area contributed by atoms with Crippen LogP contribution in [0.2, 0.25) is 0 Å². The molecule has 0 radical (unpaired) electrons. The Labute approximate surface area is 72.7 Å². The topological polar surface area (TPSA) is 87.0 Å². The molecule has 1 aromatic heterocycles. The largest absolute Gasteiger partial charge is 0.338 e. The summed E-state index contributed by atoms with van der Waals surface area (Å²) in [5.41, 5.74) is 1.22. The number of nitrogen functional groups attached to an aromatic ring is 1. The predicted octanol–water partition coefficient (Wildman–Crippen LogP) is 0.658. The highest BCUT2D eigenvalue weighted by Crippen LogP contribution is 2.17. The molecular weight excluding hydrogens is 172 g/mol. The summed E-state index contributed by atoms with van der Waals surface area (Å²) in [6.45, 7) is 0. The first kappa shape index (κ1) is 7.53. The van der Waals surface area contributed by atoms with Gasteiger partial charge in [-0.2, -0.15) is 0 Å². The van der Waals surface area contributed by atoms with Crippen LogP contribution in [-0.2, 0) is 0 Å². The molecule has 0 bridgehead atoms. The van der Waals surface area contributed by atoms with Gasteiger partial charge < -0.3 is 5.84 Å². The molecular formula is C7H6N4O2. The lowest BCUT2D eigenvalue weighted by molar-refractivity contribution is -0.384. The minimum Gasteiger partial charge on any atom is -0.338 e. The lowest BCUT2D eigenvalue weighted by atomic mass is 10.3. The molecule has 0 aliphatic rings. The summed E-state index contributed by atoms with van der Waals surface area (Å²) in [5, 5.41) is 10.4. The van der Waals surface area contributed by atoms with Gasteiger partial charge in [0, 0.05) is 12.1 Å². The number of nitro groups is 1. The quantitative estimate of drug-likeness (QED) is 0.394. The number of fused-ring (bicyclic) bond motifs is 1. The van der Waals surface area contributed by atoms with Crippen LogP contribution in [0.15, 0.2) is 24.5 Å². The molecule has 13 heavy (non-hydrogen) atoms. The van der Waals surface area contributed by atoms with Crippen LogP contribution >= 0.6 is 0 Å². The molecule has 0 atom stereocenters. The molecule has 1 heterocycles. The molecule has 2 rings (SSSR count). The van der Waals surface area contributed by atoms with Crippen molar-refractivity contribution < 1.29 is 4.92 Å². The molecule has 1 aromatic carbocycles. The first-order valence-electron chi connectivity index (χ1n) is 3.55. The van der Waals surface area contributed by atoms with Crippen LogP contribution in [0.1, 0.15) is 0 Å². The second kappa shape index (κ2) is 2.44. The van der Waals surface area contributed by atoms with Gasteiger partial charge in [-0.25, -0.2) is 9.66 Å². The highest BCUT2D eigenvalue weighted by molar-refractivity contribution is 5.77. The fourth-order valence-corrected chi connectivity index (χ4v) is 1.13. The molecule has 2 aromatic rings. The lowest BCUT2D eigenvalue weighted by Crippen LogP contribution is -2.04. The average Bonchev–Trinajstić information content (AvgIpc) is 2.47. The van der Waals surface area contributed by atoms with Crippen molar-refractivity contribution in [1.82, 2.24) is 9.66 Å². The number of rotatable bonds is 1. The van der Waals surface area contributed by atoms with Crippen LogP contribution < -0.4 is 5.84 Å². The maximum Gasteiger partial charge on any atom is 0.271 e. The molecule has 0 aliphatic carbocycles. The van der Waals surface area contributed by atoms with Crippen molar-refractivity contribution in [1.29, 1.82) is 0 Å². The van der Waals surface area contributed by atoms with Crippen LogP contribution in [0, 0.1) is 10.1 Å². The summed E-state index contributed by atoms with van der Waals surface area (Å²) in [6.07, 6.45) is 1.41. The molecule has 0 fully saturated rings. The van der Waals surface area contributed by atoms with Crippen LogP contribution in [-0.4, -0.2) is 14.6 Å². The Balaban J connectivity index is 2.70. The molecule has 6 heteroatoms. The van der Waals surface area contributed by atoms with Gasteiger partial charge in [-0.1, -0.05) is 0 Å². The Bertz CT molecular complexity index is 476. The number of non-ortho nitro benzene ring substituents is 1. The minimum absolute atomic E-state index is 0.0196. The van der Waals surface area contributed by atoms with Crippen molar-refractivity contribution in [3.63, 3.8) is 0 Å². The molecule has 0 amide bonds. The van der Waals surface area contributed by atoms with Gasteiger partial charge in [0.05, 0.1) is 16.0 Å². The number of nitro benzene ring substituents is 1. The molecule has 0 saturated heterocycles. The van der Waals surface area contributed by atoms with E-state index in [2.05, 4.69) is 4.98 Å². The van der Waals surface area contributed by atoms with E-state index in [0.29, 0.717) is 11.0 Å². The highest BCUT2D eigenvalue weighted by atomic mass is 16.6. The summed E-state index contributed by atoms with van der Waals surface area (Å²) >= 11 is 0. The van der Waals surface area contributed by atoms with Gasteiger partial charge in [-0.3, -0.25) is 10.1 Å². The maximum atomic E-state index is 10.4. The Kier molecular flexibility index (Phi) is 1.42. The minimum atomic E-state index is -0.463. The Morgan fingerprint density at radius 2 is 2.31 bits per heavy atom. The van der Waals surface area contributed by atoms with E-state index >= 15 is 0 Å². The summed E-state index contributed by atoms with van der Waals surface area (Å²) in [5.74, 6) is 5.49. The van der Waals surface area contributed by atoms with Crippen molar-refractivity contribution in [3.8, 4) is 0 Å². The summed E-state index contributed by atoms with van der Waals surface area (Å²) < 4.78 is 1.32. The molecule has 0 saturated carbocycles. The first-order valence-corrected chi connectivity index (χ1v) is 3.55. The van der Waals surface area contributed by atoms with E-state index in [4.69, 9.17) is 5.84 Å². The highest BCUT2D eigenvalue weighted by Gasteiger charge is 2.08. The Hall–Kier alpha value is -2.11. The van der Waals surface area contributed by atoms with Crippen molar-refractivity contribution >= 4 is 16.7 Å². The van der Waals surface area contributed by atoms with Crippen LogP contribution in [0.5, 0.6) is 0 Å². The van der Waals surface area contributed by atoms with E-state index < -0.39 is 4.92 Å².